The first-order valence-corrected chi connectivity index (χ1v) is 4.38. The van der Waals surface area contributed by atoms with Gasteiger partial charge in [0.1, 0.15) is 12.7 Å². The fourth-order valence-corrected chi connectivity index (χ4v) is 1.13. The maximum atomic E-state index is 10.8. The van der Waals surface area contributed by atoms with Crippen molar-refractivity contribution in [3.05, 3.63) is 12.7 Å². The highest BCUT2D eigenvalue weighted by atomic mass is 31.1. The van der Waals surface area contributed by atoms with Gasteiger partial charge in [-0.3, -0.25) is 4.57 Å². The first kappa shape index (κ1) is 8.34. The predicted octanol–water partition coefficient (Wildman–Crippen LogP) is 1.38. The van der Waals surface area contributed by atoms with Crippen molar-refractivity contribution in [1.29, 1.82) is 0 Å². The molecule has 0 N–H and O–H groups in total. The molecule has 11 heavy (non-hydrogen) atoms. The van der Waals surface area contributed by atoms with Gasteiger partial charge in [0, 0.05) is 13.3 Å². The Balaban J connectivity index is 2.96. The molecule has 1 rings (SSSR count). The number of aromatic nitrogens is 3. The highest BCUT2D eigenvalue weighted by Gasteiger charge is 2.32. The summed E-state index contributed by atoms with van der Waals surface area (Å²) in [5.41, 5.74) is 0. The predicted molar refractivity (Wildman–Crippen MR) is 43.0 cm³/mol. The van der Waals surface area contributed by atoms with Crippen LogP contribution in [0.1, 0.15) is 20.3 Å². The molecular weight excluding hydrogens is 161 g/mol. The van der Waals surface area contributed by atoms with Gasteiger partial charge in [-0.25, -0.2) is 0 Å². The van der Waals surface area contributed by atoms with E-state index in [4.69, 9.17) is 0 Å². The molecular formula is C6H11N3OP+. The van der Waals surface area contributed by atoms with Gasteiger partial charge in [0.05, 0.1) is 0 Å². The van der Waals surface area contributed by atoms with Crippen LogP contribution in [0.4, 0.5) is 0 Å². The van der Waals surface area contributed by atoms with Crippen LogP contribution in [0.5, 0.6) is 0 Å². The smallest absolute Gasteiger partial charge is 0.272 e. The molecule has 0 fully saturated rings. The summed E-state index contributed by atoms with van der Waals surface area (Å²) in [5, 5.41) is 7.00. The monoisotopic (exact) mass is 172 g/mol. The molecule has 4 nitrogen and oxygen atoms in total. The molecule has 0 bridgehead atoms. The van der Waals surface area contributed by atoms with Gasteiger partial charge >= 0.3 is 8.46 Å². The van der Waals surface area contributed by atoms with Crippen LogP contribution in [0.25, 0.3) is 0 Å². The molecule has 0 saturated carbocycles. The van der Waals surface area contributed by atoms with E-state index in [0.29, 0.717) is 0 Å². The summed E-state index contributed by atoms with van der Waals surface area (Å²) < 4.78 is 12.6. The van der Waals surface area contributed by atoms with Crippen LogP contribution in [0.2, 0.25) is 0 Å². The number of nitrogens with zero attached hydrogens (tertiary/aromatic N) is 3. The van der Waals surface area contributed by atoms with Crippen molar-refractivity contribution in [2.24, 2.45) is 0 Å². The van der Waals surface area contributed by atoms with E-state index in [1.807, 2.05) is 13.8 Å². The van der Waals surface area contributed by atoms with Crippen molar-refractivity contribution in [1.82, 2.24) is 14.8 Å². The summed E-state index contributed by atoms with van der Waals surface area (Å²) in [4.78, 5) is 0. The lowest BCUT2D eigenvalue weighted by Gasteiger charge is -2.12. The summed E-state index contributed by atoms with van der Waals surface area (Å²) in [5.74, 6) is 0. The maximum absolute atomic E-state index is 10.8. The van der Waals surface area contributed by atoms with Crippen LogP contribution < -0.4 is 0 Å². The van der Waals surface area contributed by atoms with Gasteiger partial charge in [-0.2, -0.15) is 0 Å². The minimum absolute atomic E-state index is 0.330. The van der Waals surface area contributed by atoms with Crippen LogP contribution in [0.15, 0.2) is 12.7 Å². The van der Waals surface area contributed by atoms with Gasteiger partial charge in [0.15, 0.2) is 0 Å². The Hall–Kier alpha value is -0.760. The van der Waals surface area contributed by atoms with Crippen molar-refractivity contribution in [3.63, 3.8) is 0 Å². The highest BCUT2D eigenvalue weighted by molar-refractivity contribution is 7.25. The molecule has 60 valence electrons. The molecule has 1 aromatic rings. The van der Waals surface area contributed by atoms with E-state index >= 15 is 0 Å². The molecule has 0 aliphatic heterocycles. The van der Waals surface area contributed by atoms with Crippen LogP contribution >= 0.6 is 8.46 Å². The Morgan fingerprint density at radius 1 is 1.55 bits per heavy atom. The number of hydrogen-bond donors (Lipinski definition) is 0. The van der Waals surface area contributed by atoms with E-state index in [0.717, 1.165) is 6.42 Å². The molecule has 1 heterocycles. The largest absolute Gasteiger partial charge is 0.352 e. The minimum Gasteiger partial charge on any atom is -0.272 e. The molecule has 1 aromatic heterocycles. The molecule has 2 atom stereocenters. The summed E-state index contributed by atoms with van der Waals surface area (Å²) in [6.45, 7) is 3.91. The minimum atomic E-state index is -0.371. The first-order chi connectivity index (χ1) is 5.23. The van der Waals surface area contributed by atoms with E-state index in [2.05, 4.69) is 10.2 Å². The topological polar surface area (TPSA) is 47.8 Å². The average molecular weight is 172 g/mol. The quantitative estimate of drug-likeness (QED) is 0.647. The second-order valence-corrected chi connectivity index (χ2v) is 3.88. The molecule has 2 unspecified atom stereocenters. The second kappa shape index (κ2) is 3.09. The van der Waals surface area contributed by atoms with E-state index in [9.17, 15) is 4.57 Å². The van der Waals surface area contributed by atoms with Crippen molar-refractivity contribution < 1.29 is 4.57 Å². The Kier molecular flexibility index (Phi) is 2.35. The fourth-order valence-electron chi connectivity index (χ4n) is 0.763. The van der Waals surface area contributed by atoms with Crippen LogP contribution in [0, 0.1) is 0 Å². The lowest BCUT2D eigenvalue weighted by molar-refractivity contribution is 0.441. The molecule has 0 saturated heterocycles. The molecule has 0 spiro atoms. The van der Waals surface area contributed by atoms with E-state index in [1.165, 1.54) is 0 Å². The summed E-state index contributed by atoms with van der Waals surface area (Å²) in [6, 6.07) is 0. The number of rotatable bonds is 3. The van der Waals surface area contributed by atoms with E-state index in [-0.39, 0.29) is 13.7 Å². The lowest BCUT2D eigenvalue weighted by atomic mass is 10.2. The lowest BCUT2D eigenvalue weighted by Crippen LogP contribution is -2.20. The van der Waals surface area contributed by atoms with Crippen LogP contribution in [-0.2, 0) is 9.85 Å². The van der Waals surface area contributed by atoms with Crippen molar-refractivity contribution in [3.8, 4) is 0 Å². The van der Waals surface area contributed by atoms with Crippen LogP contribution in [0.3, 0.4) is 0 Å². The van der Waals surface area contributed by atoms with Gasteiger partial charge in [-0.15, -0.1) is 10.2 Å². The average Bonchev–Trinajstić information content (AvgIpc) is 2.55. The molecule has 0 aliphatic carbocycles. The summed E-state index contributed by atoms with van der Waals surface area (Å²) in [7, 11) is -0.371. The molecule has 0 aliphatic rings. The first-order valence-electron chi connectivity index (χ1n) is 3.47. The third-order valence-electron chi connectivity index (χ3n) is 1.90. The van der Waals surface area contributed by atoms with Gasteiger partial charge in [-0.05, 0) is 0 Å². The van der Waals surface area contributed by atoms with Gasteiger partial charge in [0.25, 0.3) is 0 Å². The molecule has 0 aromatic carbocycles. The van der Waals surface area contributed by atoms with Crippen molar-refractivity contribution in [2.75, 3.05) is 0 Å². The summed E-state index contributed by atoms with van der Waals surface area (Å²) in [6.07, 6.45) is 4.00. The Bertz CT molecular complexity index is 236. The summed E-state index contributed by atoms with van der Waals surface area (Å²) >= 11 is 0. The van der Waals surface area contributed by atoms with E-state index < -0.39 is 0 Å². The Morgan fingerprint density at radius 2 is 2.09 bits per heavy atom. The number of hydrogen-bond acceptors (Lipinski definition) is 3. The third kappa shape index (κ3) is 1.46. The van der Waals surface area contributed by atoms with Gasteiger partial charge < -0.3 is 0 Å². The van der Waals surface area contributed by atoms with Crippen LogP contribution in [-0.4, -0.2) is 14.8 Å². The van der Waals surface area contributed by atoms with Crippen molar-refractivity contribution >= 4 is 8.46 Å². The van der Waals surface area contributed by atoms with E-state index in [1.54, 1.807) is 17.2 Å². The SMILES string of the molecule is CCC(C)([PH+]=O)n1cnnc1. The third-order valence-corrected chi connectivity index (χ3v) is 2.95. The zero-order valence-corrected chi connectivity index (χ0v) is 7.61. The van der Waals surface area contributed by atoms with Crippen molar-refractivity contribution in [2.45, 2.75) is 25.5 Å². The zero-order valence-electron chi connectivity index (χ0n) is 6.61. The zero-order chi connectivity index (χ0) is 8.32. The second-order valence-electron chi connectivity index (χ2n) is 2.60. The molecule has 0 radical (unpaired) electrons. The van der Waals surface area contributed by atoms with Gasteiger partial charge in [-0.1, -0.05) is 11.5 Å². The normalized spacial score (nSPS) is 16.5. The molecule has 5 heteroatoms. The standard InChI is InChI=1S/C6H10N3OP/c1-3-6(2,11-10)9-4-7-8-5-9/h4-5H,3H2,1-2H3/p+1. The maximum Gasteiger partial charge on any atom is 0.352 e. The Morgan fingerprint density at radius 3 is 2.45 bits per heavy atom. The molecule has 0 amide bonds. The Labute approximate surface area is 66.8 Å². The fraction of sp³-hybridized carbons (Fsp3) is 0.667. The van der Waals surface area contributed by atoms with Gasteiger partial charge in [0.2, 0.25) is 5.28 Å². The highest BCUT2D eigenvalue weighted by Crippen LogP contribution is 2.31.